The topological polar surface area (TPSA) is 75.3 Å². The van der Waals surface area contributed by atoms with Gasteiger partial charge in [-0.15, -0.1) is 0 Å². The first kappa shape index (κ1) is 23.6. The van der Waals surface area contributed by atoms with Crippen LogP contribution in [-0.4, -0.2) is 20.4 Å². The number of aryl methyl sites for hydroxylation is 1. The van der Waals surface area contributed by atoms with E-state index in [9.17, 15) is 22.0 Å². The van der Waals surface area contributed by atoms with Gasteiger partial charge in [0.05, 0.1) is 10.5 Å². The molecule has 8 heteroatoms. The molecule has 0 radical (unpaired) electrons. The van der Waals surface area contributed by atoms with Crippen LogP contribution >= 0.6 is 0 Å². The summed E-state index contributed by atoms with van der Waals surface area (Å²) in [5.41, 5.74) is 1.06. The molecule has 0 fully saturated rings. The lowest BCUT2D eigenvalue weighted by Crippen LogP contribution is -2.36. The molecule has 0 aliphatic carbocycles. The molecule has 5 nitrogen and oxygen atoms in total. The zero-order valence-corrected chi connectivity index (χ0v) is 18.5. The highest BCUT2D eigenvalue weighted by Crippen LogP contribution is 2.20. The SMILES string of the molecule is CCC(Cc1ccccc1)NS(=O)(=O)c1ccc(F)c(C(=O)Nc2ccc(C)c(F)c2)c1. The Bertz CT molecular complexity index is 1220. The molecule has 0 bridgehead atoms. The number of carbonyl (C=O) groups excluding carboxylic acids is 1. The Kier molecular flexibility index (Phi) is 7.37. The smallest absolute Gasteiger partial charge is 0.258 e. The van der Waals surface area contributed by atoms with E-state index in [0.29, 0.717) is 18.4 Å². The van der Waals surface area contributed by atoms with Gasteiger partial charge in [-0.3, -0.25) is 4.79 Å². The zero-order valence-electron chi connectivity index (χ0n) is 17.7. The summed E-state index contributed by atoms with van der Waals surface area (Å²) in [5, 5.41) is 2.40. The first-order valence-electron chi connectivity index (χ1n) is 10.1. The molecular formula is C24H24F2N2O3S. The third-order valence-electron chi connectivity index (χ3n) is 5.06. The second-order valence-electron chi connectivity index (χ2n) is 7.48. The minimum atomic E-state index is -4.01. The molecule has 0 heterocycles. The van der Waals surface area contributed by atoms with Gasteiger partial charge in [0.1, 0.15) is 11.6 Å². The van der Waals surface area contributed by atoms with Crippen molar-refractivity contribution in [1.82, 2.24) is 4.72 Å². The van der Waals surface area contributed by atoms with Gasteiger partial charge in [0.15, 0.2) is 0 Å². The molecular weight excluding hydrogens is 434 g/mol. The molecule has 32 heavy (non-hydrogen) atoms. The number of benzene rings is 3. The number of anilines is 1. The minimum Gasteiger partial charge on any atom is -0.322 e. The van der Waals surface area contributed by atoms with Crippen molar-refractivity contribution in [3.8, 4) is 0 Å². The van der Waals surface area contributed by atoms with Gasteiger partial charge in [-0.1, -0.05) is 43.3 Å². The molecule has 1 amide bonds. The van der Waals surface area contributed by atoms with E-state index < -0.39 is 33.1 Å². The van der Waals surface area contributed by atoms with Crippen LogP contribution in [0.15, 0.2) is 71.6 Å². The number of nitrogens with one attached hydrogen (secondary N) is 2. The van der Waals surface area contributed by atoms with E-state index in [0.717, 1.165) is 29.8 Å². The Hall–Kier alpha value is -3.10. The van der Waals surface area contributed by atoms with Crippen molar-refractivity contribution in [2.45, 2.75) is 37.6 Å². The van der Waals surface area contributed by atoms with Crippen molar-refractivity contribution in [2.75, 3.05) is 5.32 Å². The number of hydrogen-bond acceptors (Lipinski definition) is 3. The zero-order chi connectivity index (χ0) is 23.3. The van der Waals surface area contributed by atoms with Crippen molar-refractivity contribution in [2.24, 2.45) is 0 Å². The summed E-state index contributed by atoms with van der Waals surface area (Å²) >= 11 is 0. The van der Waals surface area contributed by atoms with Crippen molar-refractivity contribution in [3.05, 3.63) is 95.1 Å². The molecule has 0 aliphatic rings. The number of sulfonamides is 1. The van der Waals surface area contributed by atoms with Crippen molar-refractivity contribution in [1.29, 1.82) is 0 Å². The maximum Gasteiger partial charge on any atom is 0.258 e. The monoisotopic (exact) mass is 458 g/mol. The van der Waals surface area contributed by atoms with E-state index in [2.05, 4.69) is 10.0 Å². The first-order valence-corrected chi connectivity index (χ1v) is 11.6. The minimum absolute atomic E-state index is 0.137. The van der Waals surface area contributed by atoms with Crippen molar-refractivity contribution >= 4 is 21.6 Å². The normalized spacial score (nSPS) is 12.4. The Labute approximate surface area is 186 Å². The molecule has 0 aromatic heterocycles. The summed E-state index contributed by atoms with van der Waals surface area (Å²) in [7, 11) is -4.01. The number of rotatable bonds is 8. The summed E-state index contributed by atoms with van der Waals surface area (Å²) in [6, 6.07) is 16.2. The number of amides is 1. The molecule has 0 saturated carbocycles. The van der Waals surface area contributed by atoms with Gasteiger partial charge in [0.25, 0.3) is 5.91 Å². The highest BCUT2D eigenvalue weighted by atomic mass is 32.2. The fourth-order valence-corrected chi connectivity index (χ4v) is 4.52. The number of halogens is 2. The molecule has 0 saturated heterocycles. The van der Waals surface area contributed by atoms with Gasteiger partial charge in [-0.05, 0) is 61.2 Å². The standard InChI is InChI=1S/C24H24F2N2O3S/c1-3-18(13-17-7-5-4-6-8-17)28-32(30,31)20-11-12-22(25)21(15-20)24(29)27-19-10-9-16(2)23(26)14-19/h4-12,14-15,18,28H,3,13H2,1-2H3,(H,27,29). The molecule has 3 aromatic rings. The van der Waals surface area contributed by atoms with Crippen LogP contribution in [0.4, 0.5) is 14.5 Å². The molecule has 1 unspecified atom stereocenters. The quantitative estimate of drug-likeness (QED) is 0.508. The lowest BCUT2D eigenvalue weighted by molar-refractivity contribution is 0.102. The van der Waals surface area contributed by atoms with E-state index >= 15 is 0 Å². The highest BCUT2D eigenvalue weighted by molar-refractivity contribution is 7.89. The van der Waals surface area contributed by atoms with Gasteiger partial charge in [-0.25, -0.2) is 21.9 Å². The van der Waals surface area contributed by atoms with Gasteiger partial charge in [0.2, 0.25) is 10.0 Å². The Balaban J connectivity index is 1.81. The maximum atomic E-state index is 14.3. The summed E-state index contributed by atoms with van der Waals surface area (Å²) < 4.78 is 56.5. The van der Waals surface area contributed by atoms with E-state index in [1.807, 2.05) is 37.3 Å². The van der Waals surface area contributed by atoms with Crippen LogP contribution in [0.1, 0.15) is 34.8 Å². The average molecular weight is 459 g/mol. The summed E-state index contributed by atoms with van der Waals surface area (Å²) in [6.45, 7) is 3.43. The molecule has 3 aromatic carbocycles. The lowest BCUT2D eigenvalue weighted by atomic mass is 10.1. The van der Waals surface area contributed by atoms with Gasteiger partial charge >= 0.3 is 0 Å². The molecule has 2 N–H and O–H groups in total. The number of hydrogen-bond donors (Lipinski definition) is 2. The molecule has 1 atom stereocenters. The fraction of sp³-hybridized carbons (Fsp3) is 0.208. The van der Waals surface area contributed by atoms with E-state index in [1.165, 1.54) is 12.1 Å². The van der Waals surface area contributed by atoms with Crippen molar-refractivity contribution in [3.63, 3.8) is 0 Å². The molecule has 168 valence electrons. The third kappa shape index (κ3) is 5.77. The van der Waals surface area contributed by atoms with Crippen LogP contribution in [0.2, 0.25) is 0 Å². The van der Waals surface area contributed by atoms with Gasteiger partial charge in [-0.2, -0.15) is 0 Å². The second kappa shape index (κ2) is 10.0. The Morgan fingerprint density at radius 2 is 1.69 bits per heavy atom. The summed E-state index contributed by atoms with van der Waals surface area (Å²) in [6.07, 6.45) is 1.03. The Morgan fingerprint density at radius 1 is 0.969 bits per heavy atom. The summed E-state index contributed by atoms with van der Waals surface area (Å²) in [4.78, 5) is 12.3. The van der Waals surface area contributed by atoms with Gasteiger partial charge < -0.3 is 5.32 Å². The van der Waals surface area contributed by atoms with Crippen LogP contribution in [0.3, 0.4) is 0 Å². The van der Waals surface area contributed by atoms with Crippen LogP contribution < -0.4 is 10.0 Å². The maximum absolute atomic E-state index is 14.3. The highest BCUT2D eigenvalue weighted by Gasteiger charge is 2.22. The van der Waals surface area contributed by atoms with E-state index in [-0.39, 0.29) is 16.6 Å². The van der Waals surface area contributed by atoms with Crippen LogP contribution in [0.25, 0.3) is 0 Å². The van der Waals surface area contributed by atoms with Crippen LogP contribution in [0.5, 0.6) is 0 Å². The largest absolute Gasteiger partial charge is 0.322 e. The Morgan fingerprint density at radius 3 is 2.34 bits per heavy atom. The van der Waals surface area contributed by atoms with Gasteiger partial charge in [0, 0.05) is 11.7 Å². The summed E-state index contributed by atoms with van der Waals surface area (Å²) in [5.74, 6) is -2.28. The lowest BCUT2D eigenvalue weighted by Gasteiger charge is -2.18. The van der Waals surface area contributed by atoms with E-state index in [4.69, 9.17) is 0 Å². The third-order valence-corrected chi connectivity index (χ3v) is 6.58. The van der Waals surface area contributed by atoms with Crippen molar-refractivity contribution < 1.29 is 22.0 Å². The molecule has 3 rings (SSSR count). The van der Waals surface area contributed by atoms with Crippen LogP contribution in [-0.2, 0) is 16.4 Å². The predicted octanol–water partition coefficient (Wildman–Crippen LogP) is 4.83. The van der Waals surface area contributed by atoms with E-state index in [1.54, 1.807) is 6.92 Å². The second-order valence-corrected chi connectivity index (χ2v) is 9.19. The van der Waals surface area contributed by atoms with Crippen LogP contribution in [0, 0.1) is 18.6 Å². The molecule has 0 aliphatic heterocycles. The average Bonchev–Trinajstić information content (AvgIpc) is 2.76. The fourth-order valence-electron chi connectivity index (χ4n) is 3.17. The molecule has 0 spiro atoms. The predicted molar refractivity (Wildman–Crippen MR) is 120 cm³/mol. The number of carbonyl (C=O) groups is 1. The first-order chi connectivity index (χ1) is 15.2.